The number of hydrogen-bond acceptors (Lipinski definition) is 2. The largest absolute Gasteiger partial charge is 0.494 e. The summed E-state index contributed by atoms with van der Waals surface area (Å²) < 4.78 is 29.4. The third-order valence-electron chi connectivity index (χ3n) is 6.32. The van der Waals surface area contributed by atoms with Crippen molar-refractivity contribution in [3.05, 3.63) is 72.5 Å². The first-order chi connectivity index (χ1) is 13.8. The summed E-state index contributed by atoms with van der Waals surface area (Å²) in [6, 6.07) is 21.3. The first-order valence-electron chi connectivity index (χ1n) is 9.92. The first kappa shape index (κ1) is 18.4. The van der Waals surface area contributed by atoms with Crippen molar-refractivity contribution in [2.75, 3.05) is 0 Å². The zero-order valence-electron chi connectivity index (χ0n) is 17.1. The number of para-hydroxylation sites is 2. The van der Waals surface area contributed by atoms with Crippen LogP contribution in [0.2, 0.25) is 0 Å². The van der Waals surface area contributed by atoms with Crippen LogP contribution in [0.4, 0.5) is 4.39 Å². The molecule has 0 N–H and O–H groups in total. The Morgan fingerprint density at radius 2 is 1.28 bits per heavy atom. The van der Waals surface area contributed by atoms with Crippen LogP contribution in [0.25, 0.3) is 27.5 Å². The minimum atomic E-state index is -0.535. The number of rotatable bonds is 2. The minimum absolute atomic E-state index is 0.281. The Morgan fingerprint density at radius 1 is 0.759 bits per heavy atom. The molecule has 1 aliphatic rings. The van der Waals surface area contributed by atoms with Crippen LogP contribution in [0, 0.1) is 5.82 Å². The normalized spacial score (nSPS) is 18.0. The van der Waals surface area contributed by atoms with Crippen LogP contribution in [0.15, 0.2) is 66.7 Å². The molecule has 1 fully saturated rings. The Kier molecular flexibility index (Phi) is 3.93. The maximum Gasteiger partial charge on any atom is 0.494 e. The monoisotopic (exact) mass is 387 g/mol. The van der Waals surface area contributed by atoms with Crippen LogP contribution in [0.1, 0.15) is 27.7 Å². The van der Waals surface area contributed by atoms with Gasteiger partial charge in [0.15, 0.2) is 0 Å². The van der Waals surface area contributed by atoms with Crippen molar-refractivity contribution in [3.63, 3.8) is 0 Å². The number of nitrogens with zero attached hydrogens (tertiary/aromatic N) is 1. The number of fused-ring (bicyclic) bond motifs is 3. The fourth-order valence-corrected chi connectivity index (χ4v) is 4.01. The molecular formula is C24H23BFNO2. The molecule has 0 atom stereocenters. The molecule has 1 saturated heterocycles. The van der Waals surface area contributed by atoms with Crippen molar-refractivity contribution < 1.29 is 13.7 Å². The van der Waals surface area contributed by atoms with E-state index in [2.05, 4.69) is 12.1 Å². The predicted molar refractivity (Wildman–Crippen MR) is 116 cm³/mol. The Morgan fingerprint density at radius 3 is 1.83 bits per heavy atom. The van der Waals surface area contributed by atoms with Gasteiger partial charge in [0, 0.05) is 10.8 Å². The van der Waals surface area contributed by atoms with Gasteiger partial charge in [0.2, 0.25) is 0 Å². The molecule has 4 aromatic rings. The molecule has 5 heteroatoms. The van der Waals surface area contributed by atoms with Crippen LogP contribution in [0.5, 0.6) is 0 Å². The van der Waals surface area contributed by atoms with Crippen LogP contribution in [-0.2, 0) is 9.31 Å². The molecule has 0 saturated carbocycles. The highest BCUT2D eigenvalue weighted by Gasteiger charge is 2.51. The fraction of sp³-hybridized carbons (Fsp3) is 0.250. The highest BCUT2D eigenvalue weighted by molar-refractivity contribution is 6.62. The summed E-state index contributed by atoms with van der Waals surface area (Å²) in [7, 11) is -0.535. The molecule has 0 bridgehead atoms. The van der Waals surface area contributed by atoms with E-state index in [-0.39, 0.29) is 5.82 Å². The molecule has 3 nitrogen and oxygen atoms in total. The topological polar surface area (TPSA) is 23.4 Å². The molecule has 0 spiro atoms. The van der Waals surface area contributed by atoms with Gasteiger partial charge in [-0.3, -0.25) is 0 Å². The SMILES string of the molecule is CC1(C)OB(c2ccc(F)c(-n3c4ccccc4c4ccccc43)c2)OC1(C)C. The predicted octanol–water partition coefficient (Wildman–Crippen LogP) is 5.22. The molecule has 1 aliphatic heterocycles. The Balaban J connectivity index is 1.71. The van der Waals surface area contributed by atoms with Crippen molar-refractivity contribution in [3.8, 4) is 5.69 Å². The van der Waals surface area contributed by atoms with E-state index in [9.17, 15) is 0 Å². The van der Waals surface area contributed by atoms with E-state index in [0.29, 0.717) is 5.69 Å². The molecule has 0 aliphatic carbocycles. The van der Waals surface area contributed by atoms with Crippen LogP contribution in [-0.4, -0.2) is 22.9 Å². The first-order valence-corrected chi connectivity index (χ1v) is 9.92. The molecule has 146 valence electrons. The second-order valence-corrected chi connectivity index (χ2v) is 8.67. The van der Waals surface area contributed by atoms with E-state index < -0.39 is 18.3 Å². The summed E-state index contributed by atoms with van der Waals surface area (Å²) in [4.78, 5) is 0. The molecule has 1 aromatic heterocycles. The van der Waals surface area contributed by atoms with Crippen molar-refractivity contribution in [1.82, 2.24) is 4.57 Å². The molecule has 0 amide bonds. The van der Waals surface area contributed by atoms with Crippen LogP contribution >= 0.6 is 0 Å². The smallest absolute Gasteiger partial charge is 0.399 e. The second kappa shape index (κ2) is 6.18. The molecule has 2 heterocycles. The summed E-state index contributed by atoms with van der Waals surface area (Å²) in [5.74, 6) is -0.281. The Labute approximate surface area is 170 Å². The van der Waals surface area contributed by atoms with Crippen LogP contribution < -0.4 is 5.46 Å². The van der Waals surface area contributed by atoms with Gasteiger partial charge in [-0.15, -0.1) is 0 Å². The highest BCUT2D eigenvalue weighted by Crippen LogP contribution is 2.37. The maximum absolute atomic E-state index is 15.1. The lowest BCUT2D eigenvalue weighted by atomic mass is 9.79. The fourth-order valence-electron chi connectivity index (χ4n) is 4.01. The van der Waals surface area contributed by atoms with Gasteiger partial charge >= 0.3 is 7.12 Å². The third-order valence-corrected chi connectivity index (χ3v) is 6.32. The number of halogens is 1. The molecule has 0 unspecified atom stereocenters. The van der Waals surface area contributed by atoms with Crippen molar-refractivity contribution in [1.29, 1.82) is 0 Å². The summed E-state index contributed by atoms with van der Waals surface area (Å²) in [5.41, 5.74) is 2.35. The molecule has 3 aromatic carbocycles. The number of benzene rings is 3. The molecule has 0 radical (unpaired) electrons. The number of aromatic nitrogens is 1. The summed E-state index contributed by atoms with van der Waals surface area (Å²) in [5, 5.41) is 2.20. The van der Waals surface area contributed by atoms with Crippen molar-refractivity contribution in [2.24, 2.45) is 0 Å². The lowest BCUT2D eigenvalue weighted by molar-refractivity contribution is 0.00578. The van der Waals surface area contributed by atoms with Gasteiger partial charge in [-0.1, -0.05) is 42.5 Å². The van der Waals surface area contributed by atoms with Crippen molar-refractivity contribution >= 4 is 34.4 Å². The third kappa shape index (κ3) is 2.72. The quantitative estimate of drug-likeness (QED) is 0.440. The van der Waals surface area contributed by atoms with Gasteiger partial charge in [-0.05, 0) is 57.4 Å². The molecule has 5 rings (SSSR count). The summed E-state index contributed by atoms with van der Waals surface area (Å²) >= 11 is 0. The van der Waals surface area contributed by atoms with Gasteiger partial charge in [0.1, 0.15) is 5.82 Å². The highest BCUT2D eigenvalue weighted by atomic mass is 19.1. The van der Waals surface area contributed by atoms with E-state index in [1.165, 1.54) is 6.07 Å². The molecular weight excluding hydrogens is 364 g/mol. The average molecular weight is 387 g/mol. The Hall–Kier alpha value is -2.63. The van der Waals surface area contributed by atoms with E-state index in [1.807, 2.05) is 74.7 Å². The van der Waals surface area contributed by atoms with E-state index in [1.54, 1.807) is 6.07 Å². The molecule has 29 heavy (non-hydrogen) atoms. The van der Waals surface area contributed by atoms with Gasteiger partial charge in [-0.2, -0.15) is 0 Å². The summed E-state index contributed by atoms with van der Waals surface area (Å²) in [6.07, 6.45) is 0. The van der Waals surface area contributed by atoms with E-state index in [0.717, 1.165) is 27.3 Å². The van der Waals surface area contributed by atoms with Gasteiger partial charge in [0.25, 0.3) is 0 Å². The number of hydrogen-bond donors (Lipinski definition) is 0. The van der Waals surface area contributed by atoms with Gasteiger partial charge in [0.05, 0.1) is 27.9 Å². The van der Waals surface area contributed by atoms with Gasteiger partial charge in [-0.25, -0.2) is 4.39 Å². The standard InChI is InChI=1S/C24H23BFNO2/c1-23(2)24(3,4)29-25(28-23)16-13-14-19(26)22(15-16)27-20-11-7-5-9-17(20)18-10-6-8-12-21(18)27/h5-15H,1-4H3. The average Bonchev–Trinajstić information content (AvgIpc) is 3.13. The second-order valence-electron chi connectivity index (χ2n) is 8.67. The van der Waals surface area contributed by atoms with Gasteiger partial charge < -0.3 is 13.9 Å². The van der Waals surface area contributed by atoms with Crippen molar-refractivity contribution in [2.45, 2.75) is 38.9 Å². The van der Waals surface area contributed by atoms with E-state index >= 15 is 4.39 Å². The minimum Gasteiger partial charge on any atom is -0.399 e. The Bertz CT molecular complexity index is 1180. The lowest BCUT2D eigenvalue weighted by Crippen LogP contribution is -2.41. The zero-order valence-corrected chi connectivity index (χ0v) is 17.1. The summed E-state index contributed by atoms with van der Waals surface area (Å²) in [6.45, 7) is 8.07. The van der Waals surface area contributed by atoms with E-state index in [4.69, 9.17) is 9.31 Å². The lowest BCUT2D eigenvalue weighted by Gasteiger charge is -2.32. The maximum atomic E-state index is 15.1. The zero-order chi connectivity index (χ0) is 20.4. The van der Waals surface area contributed by atoms with Crippen LogP contribution in [0.3, 0.4) is 0 Å².